The summed E-state index contributed by atoms with van der Waals surface area (Å²) in [6.45, 7) is 7.35. The third-order valence-corrected chi connectivity index (χ3v) is 4.27. The molecule has 2 aromatic rings. The van der Waals surface area contributed by atoms with Gasteiger partial charge in [0, 0.05) is 11.1 Å². The van der Waals surface area contributed by atoms with Crippen LogP contribution in [0.1, 0.15) is 48.9 Å². The molecular formula is C15H20ClN3S. The maximum Gasteiger partial charge on any atom is 0.0829 e. The van der Waals surface area contributed by atoms with E-state index in [-0.39, 0.29) is 6.04 Å². The van der Waals surface area contributed by atoms with Crippen LogP contribution in [-0.4, -0.2) is 16.1 Å². The van der Waals surface area contributed by atoms with Crippen molar-refractivity contribution < 1.29 is 0 Å². The van der Waals surface area contributed by atoms with E-state index in [1.807, 2.05) is 18.2 Å². The Morgan fingerprint density at radius 3 is 2.80 bits per heavy atom. The minimum Gasteiger partial charge on any atom is -0.309 e. The van der Waals surface area contributed by atoms with Crippen molar-refractivity contribution in [2.45, 2.75) is 39.2 Å². The second-order valence-corrected chi connectivity index (χ2v) is 6.34. The second kappa shape index (κ2) is 7.16. The summed E-state index contributed by atoms with van der Waals surface area (Å²) in [7, 11) is 0. The number of nitrogens with one attached hydrogen (secondary N) is 1. The van der Waals surface area contributed by atoms with Crippen LogP contribution in [0.4, 0.5) is 0 Å². The van der Waals surface area contributed by atoms with Crippen LogP contribution < -0.4 is 5.32 Å². The van der Waals surface area contributed by atoms with E-state index in [9.17, 15) is 0 Å². The van der Waals surface area contributed by atoms with Crippen LogP contribution in [0.25, 0.3) is 0 Å². The molecule has 3 nitrogen and oxygen atoms in total. The van der Waals surface area contributed by atoms with E-state index < -0.39 is 0 Å². The molecule has 0 amide bonds. The lowest BCUT2D eigenvalue weighted by atomic mass is 10.00. The molecule has 1 unspecified atom stereocenters. The largest absolute Gasteiger partial charge is 0.309 e. The van der Waals surface area contributed by atoms with Crippen molar-refractivity contribution in [2.75, 3.05) is 6.54 Å². The van der Waals surface area contributed by atoms with E-state index in [1.54, 1.807) is 0 Å². The fourth-order valence-corrected chi connectivity index (χ4v) is 3.34. The summed E-state index contributed by atoms with van der Waals surface area (Å²) in [5.41, 5.74) is 2.33. The Hall–Kier alpha value is -0.970. The van der Waals surface area contributed by atoms with Gasteiger partial charge < -0.3 is 5.32 Å². The third kappa shape index (κ3) is 3.78. The van der Waals surface area contributed by atoms with Gasteiger partial charge in [0.1, 0.15) is 0 Å². The number of nitrogens with zero attached hydrogens (tertiary/aromatic N) is 2. The molecule has 0 aliphatic rings. The fourth-order valence-electron chi connectivity index (χ4n) is 2.25. The standard InChI is InChI=1S/C15H20ClN3S/c1-4-17-13(9-11-6-5-7-12(16)8-11)15-14(10(2)3)18-19-20-15/h5-8,10,13,17H,4,9H2,1-3H3. The van der Waals surface area contributed by atoms with E-state index >= 15 is 0 Å². The van der Waals surface area contributed by atoms with Crippen molar-refractivity contribution in [1.29, 1.82) is 0 Å². The van der Waals surface area contributed by atoms with Crippen molar-refractivity contribution in [1.82, 2.24) is 14.9 Å². The summed E-state index contributed by atoms with van der Waals surface area (Å²) in [5.74, 6) is 0.393. The minimum atomic E-state index is 0.246. The summed E-state index contributed by atoms with van der Waals surface area (Å²) < 4.78 is 4.13. The first kappa shape index (κ1) is 15.4. The molecule has 0 spiro atoms. The fraction of sp³-hybridized carbons (Fsp3) is 0.467. The number of halogens is 1. The molecule has 0 aliphatic heterocycles. The highest BCUT2D eigenvalue weighted by Crippen LogP contribution is 2.29. The van der Waals surface area contributed by atoms with Crippen LogP contribution in [0.2, 0.25) is 5.02 Å². The molecule has 1 aromatic carbocycles. The lowest BCUT2D eigenvalue weighted by Crippen LogP contribution is -2.23. The Morgan fingerprint density at radius 2 is 2.15 bits per heavy atom. The van der Waals surface area contributed by atoms with Crippen LogP contribution in [0.15, 0.2) is 24.3 Å². The Bertz CT molecular complexity index is 554. The number of hydrogen-bond acceptors (Lipinski definition) is 4. The van der Waals surface area contributed by atoms with Gasteiger partial charge in [-0.05, 0) is 48.1 Å². The summed E-state index contributed by atoms with van der Waals surface area (Å²) in [6.07, 6.45) is 0.901. The number of likely N-dealkylation sites (N-methyl/N-ethyl adjacent to an activating group) is 1. The maximum absolute atomic E-state index is 6.07. The first-order valence-corrected chi connectivity index (χ1v) is 8.07. The zero-order valence-electron chi connectivity index (χ0n) is 12.1. The molecule has 20 heavy (non-hydrogen) atoms. The number of rotatable bonds is 6. The zero-order valence-corrected chi connectivity index (χ0v) is 13.6. The molecule has 1 N–H and O–H groups in total. The second-order valence-electron chi connectivity index (χ2n) is 5.12. The van der Waals surface area contributed by atoms with Gasteiger partial charge in [-0.15, -0.1) is 5.10 Å². The molecule has 108 valence electrons. The summed E-state index contributed by atoms with van der Waals surface area (Å²) in [5, 5.41) is 8.60. The van der Waals surface area contributed by atoms with E-state index in [1.165, 1.54) is 22.0 Å². The highest BCUT2D eigenvalue weighted by atomic mass is 35.5. The molecule has 0 bridgehead atoms. The molecule has 0 saturated heterocycles. The van der Waals surface area contributed by atoms with E-state index in [0.29, 0.717) is 5.92 Å². The third-order valence-electron chi connectivity index (χ3n) is 3.18. The zero-order chi connectivity index (χ0) is 14.5. The predicted octanol–water partition coefficient (Wildman–Crippen LogP) is 4.21. The average molecular weight is 310 g/mol. The van der Waals surface area contributed by atoms with Gasteiger partial charge in [0.2, 0.25) is 0 Å². The summed E-state index contributed by atoms with van der Waals surface area (Å²) >= 11 is 7.56. The smallest absolute Gasteiger partial charge is 0.0829 e. The van der Waals surface area contributed by atoms with Gasteiger partial charge >= 0.3 is 0 Å². The van der Waals surface area contributed by atoms with Crippen LogP contribution >= 0.6 is 23.1 Å². The van der Waals surface area contributed by atoms with Crippen molar-refractivity contribution in [2.24, 2.45) is 0 Å². The molecule has 5 heteroatoms. The van der Waals surface area contributed by atoms with Crippen molar-refractivity contribution >= 4 is 23.1 Å². The van der Waals surface area contributed by atoms with Crippen LogP contribution in [0.3, 0.4) is 0 Å². The van der Waals surface area contributed by atoms with Gasteiger partial charge in [0.15, 0.2) is 0 Å². The number of hydrogen-bond donors (Lipinski definition) is 1. The first-order valence-electron chi connectivity index (χ1n) is 6.91. The topological polar surface area (TPSA) is 37.8 Å². The van der Waals surface area contributed by atoms with E-state index in [0.717, 1.165) is 23.7 Å². The molecular weight excluding hydrogens is 290 g/mol. The minimum absolute atomic E-state index is 0.246. The Morgan fingerprint density at radius 1 is 1.35 bits per heavy atom. The van der Waals surface area contributed by atoms with Gasteiger partial charge in [-0.2, -0.15) is 0 Å². The molecule has 1 heterocycles. The van der Waals surface area contributed by atoms with Gasteiger partial charge in [-0.3, -0.25) is 0 Å². The molecule has 0 saturated carbocycles. The molecule has 1 aromatic heterocycles. The van der Waals surface area contributed by atoms with E-state index in [4.69, 9.17) is 11.6 Å². The average Bonchev–Trinajstić information content (AvgIpc) is 2.87. The van der Waals surface area contributed by atoms with Crippen molar-refractivity contribution in [3.8, 4) is 0 Å². The molecule has 0 radical (unpaired) electrons. The molecule has 2 rings (SSSR count). The maximum atomic E-state index is 6.07. The van der Waals surface area contributed by atoms with Crippen molar-refractivity contribution in [3.05, 3.63) is 45.4 Å². The van der Waals surface area contributed by atoms with Crippen LogP contribution in [0, 0.1) is 0 Å². The summed E-state index contributed by atoms with van der Waals surface area (Å²) in [4.78, 5) is 1.24. The monoisotopic (exact) mass is 309 g/mol. The van der Waals surface area contributed by atoms with Gasteiger partial charge in [0.05, 0.1) is 10.6 Å². The SMILES string of the molecule is CCNC(Cc1cccc(Cl)c1)c1snnc1C(C)C. The van der Waals surface area contributed by atoms with Crippen LogP contribution in [-0.2, 0) is 6.42 Å². The molecule has 0 aliphatic carbocycles. The van der Waals surface area contributed by atoms with Gasteiger partial charge in [0.25, 0.3) is 0 Å². The quantitative estimate of drug-likeness (QED) is 0.868. The predicted molar refractivity (Wildman–Crippen MR) is 85.6 cm³/mol. The van der Waals surface area contributed by atoms with Gasteiger partial charge in [-0.25, -0.2) is 0 Å². The lowest BCUT2D eigenvalue weighted by Gasteiger charge is -2.18. The first-order chi connectivity index (χ1) is 9.61. The Balaban J connectivity index is 2.24. The normalized spacial score (nSPS) is 12.8. The lowest BCUT2D eigenvalue weighted by molar-refractivity contribution is 0.549. The highest BCUT2D eigenvalue weighted by Gasteiger charge is 2.20. The van der Waals surface area contributed by atoms with Crippen LogP contribution in [0.5, 0.6) is 0 Å². The highest BCUT2D eigenvalue weighted by molar-refractivity contribution is 7.05. The van der Waals surface area contributed by atoms with Crippen molar-refractivity contribution in [3.63, 3.8) is 0 Å². The number of benzene rings is 1. The molecule has 1 atom stereocenters. The number of aromatic nitrogens is 2. The van der Waals surface area contributed by atoms with Gasteiger partial charge in [-0.1, -0.05) is 49.0 Å². The Labute approximate surface area is 129 Å². The molecule has 0 fully saturated rings. The summed E-state index contributed by atoms with van der Waals surface area (Å²) in [6, 6.07) is 8.28. The van der Waals surface area contributed by atoms with E-state index in [2.05, 4.69) is 41.7 Å². The Kier molecular flexibility index (Phi) is 5.52.